The zero-order valence-corrected chi connectivity index (χ0v) is 10.2. The predicted molar refractivity (Wildman–Crippen MR) is 63.9 cm³/mol. The summed E-state index contributed by atoms with van der Waals surface area (Å²) in [6, 6.07) is 0.234. The average Bonchev–Trinajstić information content (AvgIpc) is 2.16. The monoisotopic (exact) mass is 242 g/mol. The van der Waals surface area contributed by atoms with Gasteiger partial charge in [0, 0.05) is 13.0 Å². The fourth-order valence-electron chi connectivity index (χ4n) is 0.950. The molecule has 0 atom stereocenters. The molecule has 16 heavy (non-hydrogen) atoms. The highest BCUT2D eigenvalue weighted by atomic mass is 35.5. The Balaban J connectivity index is 2.61. The Hall–Kier alpha value is -1.36. The lowest BCUT2D eigenvalue weighted by Crippen LogP contribution is -2.07. The Morgan fingerprint density at radius 2 is 2.19 bits per heavy atom. The number of ether oxygens (including phenoxy) is 1. The molecule has 1 aromatic heterocycles. The number of aromatic nitrogens is 3. The first-order valence-electron chi connectivity index (χ1n) is 5.04. The second kappa shape index (κ2) is 6.27. The third-order valence-corrected chi connectivity index (χ3v) is 1.85. The van der Waals surface area contributed by atoms with Crippen LogP contribution in [0.3, 0.4) is 0 Å². The summed E-state index contributed by atoms with van der Waals surface area (Å²) in [5.41, 5.74) is 1.05. The van der Waals surface area contributed by atoms with E-state index in [1.807, 2.05) is 13.8 Å². The minimum absolute atomic E-state index is 0.122. The van der Waals surface area contributed by atoms with E-state index in [4.69, 9.17) is 16.3 Å². The van der Waals surface area contributed by atoms with Crippen LogP contribution in [0.1, 0.15) is 20.3 Å². The summed E-state index contributed by atoms with van der Waals surface area (Å²) in [7, 11) is 0. The van der Waals surface area contributed by atoms with Crippen molar-refractivity contribution in [3.8, 4) is 6.01 Å². The molecule has 1 N–H and O–H groups in total. The van der Waals surface area contributed by atoms with E-state index in [1.54, 1.807) is 0 Å². The van der Waals surface area contributed by atoms with Gasteiger partial charge in [-0.25, -0.2) is 0 Å². The molecule has 0 saturated heterocycles. The van der Waals surface area contributed by atoms with Crippen molar-refractivity contribution < 1.29 is 4.74 Å². The average molecular weight is 243 g/mol. The highest BCUT2D eigenvalue weighted by Crippen LogP contribution is 2.11. The molecule has 6 heteroatoms. The Labute approximate surface area is 99.9 Å². The molecule has 1 aromatic rings. The van der Waals surface area contributed by atoms with Crippen molar-refractivity contribution in [2.45, 2.75) is 20.3 Å². The molecule has 0 bridgehead atoms. The third kappa shape index (κ3) is 4.44. The van der Waals surface area contributed by atoms with Crippen molar-refractivity contribution in [2.24, 2.45) is 0 Å². The van der Waals surface area contributed by atoms with Gasteiger partial charge in [-0.05, 0) is 25.4 Å². The Bertz CT molecular complexity index is 370. The Kier molecular flexibility index (Phi) is 4.98. The van der Waals surface area contributed by atoms with Gasteiger partial charge in [-0.1, -0.05) is 5.57 Å². The van der Waals surface area contributed by atoms with E-state index in [1.165, 1.54) is 0 Å². The fraction of sp³-hybridized carbons (Fsp3) is 0.500. The number of hydrogen-bond donors (Lipinski definition) is 1. The highest BCUT2D eigenvalue weighted by molar-refractivity contribution is 6.28. The predicted octanol–water partition coefficient (Wildman–Crippen LogP) is 2.30. The van der Waals surface area contributed by atoms with Crippen LogP contribution in [-0.4, -0.2) is 28.1 Å². The molecular formula is C10H15ClN4O. The second-order valence-electron chi connectivity index (χ2n) is 3.30. The van der Waals surface area contributed by atoms with Crippen LogP contribution in [0.5, 0.6) is 6.01 Å². The van der Waals surface area contributed by atoms with Crippen molar-refractivity contribution in [3.63, 3.8) is 0 Å². The van der Waals surface area contributed by atoms with E-state index >= 15 is 0 Å². The SMILES string of the molecule is C=C(C)CCOc1nc(Cl)nc(NCC)n1. The maximum atomic E-state index is 5.73. The van der Waals surface area contributed by atoms with E-state index in [0.29, 0.717) is 19.1 Å². The Morgan fingerprint density at radius 1 is 1.44 bits per heavy atom. The van der Waals surface area contributed by atoms with Crippen LogP contribution < -0.4 is 10.1 Å². The third-order valence-electron chi connectivity index (χ3n) is 1.68. The summed E-state index contributed by atoms with van der Waals surface area (Å²) < 4.78 is 5.34. The lowest BCUT2D eigenvalue weighted by atomic mass is 10.3. The lowest BCUT2D eigenvalue weighted by molar-refractivity contribution is 0.295. The number of nitrogens with zero attached hydrogens (tertiary/aromatic N) is 3. The van der Waals surface area contributed by atoms with Gasteiger partial charge in [0.1, 0.15) is 0 Å². The van der Waals surface area contributed by atoms with Gasteiger partial charge in [0.2, 0.25) is 11.2 Å². The molecule has 0 aliphatic heterocycles. The quantitative estimate of drug-likeness (QED) is 0.776. The maximum absolute atomic E-state index is 5.73. The maximum Gasteiger partial charge on any atom is 0.322 e. The molecule has 0 spiro atoms. The molecule has 0 aromatic carbocycles. The van der Waals surface area contributed by atoms with Gasteiger partial charge in [-0.2, -0.15) is 15.0 Å². The van der Waals surface area contributed by atoms with Gasteiger partial charge in [0.05, 0.1) is 6.61 Å². The van der Waals surface area contributed by atoms with Crippen LogP contribution in [-0.2, 0) is 0 Å². The van der Waals surface area contributed by atoms with Gasteiger partial charge < -0.3 is 10.1 Å². The van der Waals surface area contributed by atoms with E-state index in [2.05, 4.69) is 26.8 Å². The van der Waals surface area contributed by atoms with Gasteiger partial charge in [-0.15, -0.1) is 6.58 Å². The van der Waals surface area contributed by atoms with Crippen LogP contribution in [0.25, 0.3) is 0 Å². The first-order chi connectivity index (χ1) is 7.61. The number of hydrogen-bond acceptors (Lipinski definition) is 5. The molecule has 0 amide bonds. The van der Waals surface area contributed by atoms with E-state index in [9.17, 15) is 0 Å². The Morgan fingerprint density at radius 3 is 2.81 bits per heavy atom. The van der Waals surface area contributed by atoms with Gasteiger partial charge >= 0.3 is 6.01 Å². The summed E-state index contributed by atoms with van der Waals surface area (Å²) in [6.45, 7) is 8.86. The van der Waals surface area contributed by atoms with Crippen molar-refractivity contribution in [1.29, 1.82) is 0 Å². The molecule has 1 heterocycles. The second-order valence-corrected chi connectivity index (χ2v) is 3.63. The highest BCUT2D eigenvalue weighted by Gasteiger charge is 2.04. The van der Waals surface area contributed by atoms with Crippen LogP contribution >= 0.6 is 11.6 Å². The molecule has 0 radical (unpaired) electrons. The topological polar surface area (TPSA) is 59.9 Å². The number of rotatable bonds is 6. The van der Waals surface area contributed by atoms with E-state index < -0.39 is 0 Å². The fourth-order valence-corrected chi connectivity index (χ4v) is 1.10. The van der Waals surface area contributed by atoms with Crippen LogP contribution in [0, 0.1) is 0 Å². The summed E-state index contributed by atoms with van der Waals surface area (Å²) in [4.78, 5) is 11.8. The smallest absolute Gasteiger partial charge is 0.322 e. The van der Waals surface area contributed by atoms with E-state index in [0.717, 1.165) is 12.0 Å². The van der Waals surface area contributed by atoms with Crippen LogP contribution in [0.15, 0.2) is 12.2 Å². The van der Waals surface area contributed by atoms with Gasteiger partial charge in [0.15, 0.2) is 0 Å². The van der Waals surface area contributed by atoms with Gasteiger partial charge in [-0.3, -0.25) is 0 Å². The van der Waals surface area contributed by atoms with Crippen LogP contribution in [0.4, 0.5) is 5.95 Å². The molecule has 0 aliphatic carbocycles. The molecule has 0 fully saturated rings. The number of halogens is 1. The molecule has 0 saturated carbocycles. The van der Waals surface area contributed by atoms with Crippen molar-refractivity contribution in [2.75, 3.05) is 18.5 Å². The zero-order chi connectivity index (χ0) is 12.0. The molecule has 0 aliphatic rings. The molecule has 5 nitrogen and oxygen atoms in total. The largest absolute Gasteiger partial charge is 0.463 e. The molecular weight excluding hydrogens is 228 g/mol. The van der Waals surface area contributed by atoms with Crippen molar-refractivity contribution in [3.05, 3.63) is 17.4 Å². The number of nitrogens with one attached hydrogen (secondary N) is 1. The summed E-state index contributed by atoms with van der Waals surface area (Å²) in [5, 5.41) is 3.07. The summed E-state index contributed by atoms with van der Waals surface area (Å²) in [5.74, 6) is 0.424. The van der Waals surface area contributed by atoms with Crippen molar-refractivity contribution >= 4 is 17.5 Å². The first kappa shape index (κ1) is 12.7. The van der Waals surface area contributed by atoms with Crippen molar-refractivity contribution in [1.82, 2.24) is 15.0 Å². The van der Waals surface area contributed by atoms with Crippen LogP contribution in [0.2, 0.25) is 5.28 Å². The zero-order valence-electron chi connectivity index (χ0n) is 9.46. The van der Waals surface area contributed by atoms with Gasteiger partial charge in [0.25, 0.3) is 0 Å². The molecule has 88 valence electrons. The molecule has 1 rings (SSSR count). The summed E-state index contributed by atoms with van der Waals surface area (Å²) in [6.07, 6.45) is 0.764. The number of anilines is 1. The minimum atomic E-state index is 0.122. The standard InChI is InChI=1S/C10H15ClN4O/c1-4-12-9-13-8(11)14-10(15-9)16-6-5-7(2)3/h2,4-6H2,1,3H3,(H,12,13,14,15). The normalized spacial score (nSPS) is 9.94. The van der Waals surface area contributed by atoms with E-state index in [-0.39, 0.29) is 11.3 Å². The minimum Gasteiger partial charge on any atom is -0.463 e. The first-order valence-corrected chi connectivity index (χ1v) is 5.42. The lowest BCUT2D eigenvalue weighted by Gasteiger charge is -2.06. The molecule has 0 unspecified atom stereocenters. The summed E-state index contributed by atoms with van der Waals surface area (Å²) >= 11 is 5.73.